The monoisotopic (exact) mass is 354 g/mol. The van der Waals surface area contributed by atoms with E-state index in [2.05, 4.69) is 10.1 Å². The highest BCUT2D eigenvalue weighted by atomic mass is 16.5. The first-order valence-corrected chi connectivity index (χ1v) is 8.01. The second-order valence-electron chi connectivity index (χ2n) is 5.92. The summed E-state index contributed by atoms with van der Waals surface area (Å²) in [6, 6.07) is 11.9. The van der Waals surface area contributed by atoms with Gasteiger partial charge in [-0.3, -0.25) is 4.79 Å². The molecule has 0 aliphatic carbocycles. The molecule has 1 N–H and O–H groups in total. The van der Waals surface area contributed by atoms with Crippen LogP contribution in [-0.4, -0.2) is 38.0 Å². The zero-order chi connectivity index (χ0) is 18.7. The van der Waals surface area contributed by atoms with Crippen LogP contribution in [0.4, 0.5) is 11.4 Å². The number of hydrogen-bond acceptors (Lipinski definition) is 6. The van der Waals surface area contributed by atoms with Gasteiger partial charge in [0.2, 0.25) is 5.91 Å². The average molecular weight is 354 g/mol. The number of nitrogens with zero attached hydrogens (tertiary/aromatic N) is 1. The van der Waals surface area contributed by atoms with E-state index >= 15 is 0 Å². The Kier molecular flexibility index (Phi) is 4.88. The number of methoxy groups -OCH3 is 1. The Balaban J connectivity index is 1.69. The van der Waals surface area contributed by atoms with Crippen LogP contribution in [0.5, 0.6) is 5.75 Å². The molecule has 1 amide bonds. The van der Waals surface area contributed by atoms with E-state index < -0.39 is 11.9 Å². The first-order valence-electron chi connectivity index (χ1n) is 8.01. The molecule has 0 spiro atoms. The van der Waals surface area contributed by atoms with Gasteiger partial charge in [-0.1, -0.05) is 6.07 Å². The molecule has 2 aromatic carbocycles. The molecule has 3 rings (SSSR count). The van der Waals surface area contributed by atoms with Crippen molar-refractivity contribution in [1.29, 1.82) is 0 Å². The number of ether oxygens (including phenoxy) is 2. The third kappa shape index (κ3) is 3.83. The van der Waals surface area contributed by atoms with E-state index in [0.29, 0.717) is 22.7 Å². The van der Waals surface area contributed by atoms with Crippen LogP contribution in [0.2, 0.25) is 0 Å². The number of esters is 2. The van der Waals surface area contributed by atoms with Gasteiger partial charge in [0.15, 0.2) is 5.75 Å². The fourth-order valence-electron chi connectivity index (χ4n) is 2.68. The molecule has 0 bridgehead atoms. The van der Waals surface area contributed by atoms with Crippen LogP contribution in [-0.2, 0) is 14.3 Å². The predicted octanol–water partition coefficient (Wildman–Crippen LogP) is 2.15. The van der Waals surface area contributed by atoms with Crippen LogP contribution in [0, 0.1) is 6.92 Å². The minimum atomic E-state index is -0.443. The summed E-state index contributed by atoms with van der Waals surface area (Å²) in [5.41, 5.74) is 2.61. The first-order chi connectivity index (χ1) is 12.5. The molecule has 1 aliphatic rings. The molecule has 0 aromatic heterocycles. The third-order valence-electron chi connectivity index (χ3n) is 3.92. The van der Waals surface area contributed by atoms with Crippen molar-refractivity contribution in [3.05, 3.63) is 53.6 Å². The highest BCUT2D eigenvalue weighted by molar-refractivity contribution is 5.97. The number of hydrogen-bond donors (Lipinski definition) is 1. The lowest BCUT2D eigenvalue weighted by molar-refractivity contribution is -0.133. The van der Waals surface area contributed by atoms with Crippen LogP contribution in [0.3, 0.4) is 0 Å². The van der Waals surface area contributed by atoms with E-state index in [1.54, 1.807) is 35.2 Å². The zero-order valence-corrected chi connectivity index (χ0v) is 14.4. The summed E-state index contributed by atoms with van der Waals surface area (Å²) >= 11 is 0. The zero-order valence-electron chi connectivity index (χ0n) is 14.4. The Morgan fingerprint density at radius 1 is 1.19 bits per heavy atom. The number of carbonyl (C=O) groups is 3. The normalized spacial score (nSPS) is 12.8. The van der Waals surface area contributed by atoms with Gasteiger partial charge in [-0.25, -0.2) is 9.59 Å². The summed E-state index contributed by atoms with van der Waals surface area (Å²) in [7, 11) is 1.31. The largest absolute Gasteiger partial charge is 0.465 e. The van der Waals surface area contributed by atoms with Gasteiger partial charge in [-0.2, -0.15) is 0 Å². The lowest BCUT2D eigenvalue weighted by atomic mass is 10.1. The number of nitrogens with one attached hydrogen (secondary N) is 1. The van der Waals surface area contributed by atoms with E-state index in [-0.39, 0.29) is 19.0 Å². The molecule has 1 aliphatic heterocycles. The number of anilines is 2. The van der Waals surface area contributed by atoms with Gasteiger partial charge in [0.1, 0.15) is 6.54 Å². The van der Waals surface area contributed by atoms with Crippen molar-refractivity contribution in [3.8, 4) is 5.75 Å². The number of fused-ring (bicyclic) bond motifs is 1. The van der Waals surface area contributed by atoms with E-state index in [9.17, 15) is 14.4 Å². The molecule has 0 radical (unpaired) electrons. The van der Waals surface area contributed by atoms with Crippen LogP contribution in [0.25, 0.3) is 0 Å². The van der Waals surface area contributed by atoms with E-state index in [1.165, 1.54) is 7.11 Å². The number of rotatable bonds is 4. The van der Waals surface area contributed by atoms with Gasteiger partial charge in [-0.15, -0.1) is 0 Å². The molecule has 26 heavy (non-hydrogen) atoms. The quantitative estimate of drug-likeness (QED) is 0.669. The molecule has 2 aromatic rings. The summed E-state index contributed by atoms with van der Waals surface area (Å²) in [6.45, 7) is 1.91. The van der Waals surface area contributed by atoms with Crippen molar-refractivity contribution in [2.45, 2.75) is 6.92 Å². The van der Waals surface area contributed by atoms with Crippen LogP contribution in [0.15, 0.2) is 42.5 Å². The van der Waals surface area contributed by atoms with Gasteiger partial charge in [0.25, 0.3) is 0 Å². The minimum Gasteiger partial charge on any atom is -0.465 e. The molecule has 0 saturated carbocycles. The SMILES string of the molecule is COC(=O)c1ccc(NC(=O)CN2CC(=O)Oc3cc(C)ccc32)cc1. The molecule has 1 heterocycles. The van der Waals surface area contributed by atoms with Crippen molar-refractivity contribution < 1.29 is 23.9 Å². The Bertz CT molecular complexity index is 861. The van der Waals surface area contributed by atoms with Crippen molar-refractivity contribution >= 4 is 29.2 Å². The molecule has 0 saturated heterocycles. The fourth-order valence-corrected chi connectivity index (χ4v) is 2.68. The summed E-state index contributed by atoms with van der Waals surface area (Å²) in [4.78, 5) is 37.2. The van der Waals surface area contributed by atoms with Gasteiger partial charge in [-0.05, 0) is 48.9 Å². The lowest BCUT2D eigenvalue weighted by Gasteiger charge is -2.29. The summed E-state index contributed by atoms with van der Waals surface area (Å²) in [5, 5.41) is 2.75. The standard InChI is InChI=1S/C19H18N2O5/c1-12-3-8-15-16(9-12)26-18(23)11-21(15)10-17(22)20-14-6-4-13(5-7-14)19(24)25-2/h3-9H,10-11H2,1-2H3,(H,20,22). The highest BCUT2D eigenvalue weighted by Gasteiger charge is 2.25. The number of benzene rings is 2. The van der Waals surface area contributed by atoms with Crippen molar-refractivity contribution in [2.24, 2.45) is 0 Å². The van der Waals surface area contributed by atoms with Crippen LogP contribution >= 0.6 is 0 Å². The molecule has 0 fully saturated rings. The molecular formula is C19H18N2O5. The molecule has 7 heteroatoms. The predicted molar refractivity (Wildman–Crippen MR) is 95.4 cm³/mol. The molecular weight excluding hydrogens is 336 g/mol. The second-order valence-corrected chi connectivity index (χ2v) is 5.92. The number of aryl methyl sites for hydroxylation is 1. The maximum Gasteiger partial charge on any atom is 0.337 e. The minimum absolute atomic E-state index is 0.00388. The Morgan fingerprint density at radius 3 is 2.62 bits per heavy atom. The average Bonchev–Trinajstić information content (AvgIpc) is 2.61. The molecule has 134 valence electrons. The maximum atomic E-state index is 12.3. The smallest absolute Gasteiger partial charge is 0.337 e. The molecule has 0 unspecified atom stereocenters. The number of amides is 1. The number of carbonyl (C=O) groups excluding carboxylic acids is 3. The Hall–Kier alpha value is -3.35. The first kappa shape index (κ1) is 17.5. The van der Waals surface area contributed by atoms with Gasteiger partial charge in [0, 0.05) is 5.69 Å². The fraction of sp³-hybridized carbons (Fsp3) is 0.211. The van der Waals surface area contributed by atoms with Gasteiger partial charge in [0.05, 0.1) is 24.9 Å². The van der Waals surface area contributed by atoms with Gasteiger partial charge >= 0.3 is 11.9 Å². The third-order valence-corrected chi connectivity index (χ3v) is 3.92. The van der Waals surface area contributed by atoms with Crippen molar-refractivity contribution in [3.63, 3.8) is 0 Å². The maximum absolute atomic E-state index is 12.3. The van der Waals surface area contributed by atoms with Crippen LogP contribution in [0.1, 0.15) is 15.9 Å². The van der Waals surface area contributed by atoms with Gasteiger partial charge < -0.3 is 19.7 Å². The lowest BCUT2D eigenvalue weighted by Crippen LogP contribution is -2.41. The van der Waals surface area contributed by atoms with E-state index in [4.69, 9.17) is 4.74 Å². The molecule has 7 nitrogen and oxygen atoms in total. The van der Waals surface area contributed by atoms with Crippen LogP contribution < -0.4 is 15.0 Å². The highest BCUT2D eigenvalue weighted by Crippen LogP contribution is 2.32. The van der Waals surface area contributed by atoms with Crippen molar-refractivity contribution in [2.75, 3.05) is 30.4 Å². The van der Waals surface area contributed by atoms with E-state index in [1.807, 2.05) is 19.1 Å². The summed E-state index contributed by atoms with van der Waals surface area (Å²) in [6.07, 6.45) is 0. The summed E-state index contributed by atoms with van der Waals surface area (Å²) < 4.78 is 9.87. The van der Waals surface area contributed by atoms with Crippen molar-refractivity contribution in [1.82, 2.24) is 0 Å². The molecule has 0 atom stereocenters. The summed E-state index contributed by atoms with van der Waals surface area (Å²) in [5.74, 6) is -0.673. The van der Waals surface area contributed by atoms with E-state index in [0.717, 1.165) is 5.56 Å². The second kappa shape index (κ2) is 7.26. The topological polar surface area (TPSA) is 84.9 Å². The Labute approximate surface area is 150 Å². The Morgan fingerprint density at radius 2 is 1.92 bits per heavy atom.